The van der Waals surface area contributed by atoms with Crippen molar-refractivity contribution in [1.29, 1.82) is 0 Å². The first kappa shape index (κ1) is 15.0. The highest BCUT2D eigenvalue weighted by atomic mass is 16.2. The molecule has 1 rings (SSSR count). The first-order valence-corrected chi connectivity index (χ1v) is 6.07. The van der Waals surface area contributed by atoms with Gasteiger partial charge in [0.2, 0.25) is 5.91 Å². The minimum atomic E-state index is -0.327. The molecule has 0 atom stereocenters. The number of amides is 3. The lowest BCUT2D eigenvalue weighted by atomic mass is 10.2. The van der Waals surface area contributed by atoms with Crippen LogP contribution in [-0.2, 0) is 11.3 Å². The first-order chi connectivity index (χ1) is 9.02. The summed E-state index contributed by atoms with van der Waals surface area (Å²) in [6.45, 7) is 0.781. The lowest BCUT2D eigenvalue weighted by Gasteiger charge is -2.11. The molecule has 0 aliphatic carbocycles. The Morgan fingerprint density at radius 3 is 2.37 bits per heavy atom. The molecule has 0 saturated carbocycles. The van der Waals surface area contributed by atoms with Crippen LogP contribution in [0.25, 0.3) is 0 Å². The van der Waals surface area contributed by atoms with Crippen LogP contribution in [0.3, 0.4) is 0 Å². The molecule has 0 aliphatic heterocycles. The van der Waals surface area contributed by atoms with E-state index in [0.29, 0.717) is 18.8 Å². The van der Waals surface area contributed by atoms with Crippen molar-refractivity contribution in [3.8, 4) is 0 Å². The van der Waals surface area contributed by atoms with E-state index in [0.717, 1.165) is 5.56 Å². The maximum atomic E-state index is 11.5. The van der Waals surface area contributed by atoms with Gasteiger partial charge in [0, 0.05) is 39.3 Å². The van der Waals surface area contributed by atoms with Gasteiger partial charge in [0.05, 0.1) is 0 Å². The predicted molar refractivity (Wildman–Crippen MR) is 74.7 cm³/mol. The Labute approximate surface area is 113 Å². The Morgan fingerprint density at radius 2 is 1.84 bits per heavy atom. The SMILES string of the molecule is CN(C)C(=O)CCNC(=O)Nc1ccc(CN)cc1. The number of hydrogen-bond donors (Lipinski definition) is 3. The van der Waals surface area contributed by atoms with Gasteiger partial charge in [0.15, 0.2) is 0 Å². The fourth-order valence-electron chi connectivity index (χ4n) is 1.41. The second-order valence-electron chi connectivity index (χ2n) is 4.32. The van der Waals surface area contributed by atoms with Crippen molar-refractivity contribution in [2.24, 2.45) is 5.73 Å². The molecule has 0 unspecified atom stereocenters. The predicted octanol–water partition coefficient (Wildman–Crippen LogP) is 0.745. The van der Waals surface area contributed by atoms with Gasteiger partial charge in [-0.3, -0.25) is 4.79 Å². The van der Waals surface area contributed by atoms with Crippen LogP contribution < -0.4 is 16.4 Å². The van der Waals surface area contributed by atoms with Gasteiger partial charge < -0.3 is 21.3 Å². The molecule has 104 valence electrons. The fraction of sp³-hybridized carbons (Fsp3) is 0.385. The molecule has 0 saturated heterocycles. The van der Waals surface area contributed by atoms with Crippen LogP contribution in [0.15, 0.2) is 24.3 Å². The molecule has 0 bridgehead atoms. The number of rotatable bonds is 5. The lowest BCUT2D eigenvalue weighted by Crippen LogP contribution is -2.33. The van der Waals surface area contributed by atoms with E-state index in [1.807, 2.05) is 12.1 Å². The van der Waals surface area contributed by atoms with Crippen LogP contribution in [0.4, 0.5) is 10.5 Å². The van der Waals surface area contributed by atoms with Gasteiger partial charge >= 0.3 is 6.03 Å². The molecule has 3 amide bonds. The summed E-state index contributed by atoms with van der Waals surface area (Å²) in [4.78, 5) is 24.3. The van der Waals surface area contributed by atoms with Crippen LogP contribution in [-0.4, -0.2) is 37.5 Å². The highest BCUT2D eigenvalue weighted by Crippen LogP contribution is 2.08. The maximum Gasteiger partial charge on any atom is 0.319 e. The number of nitrogens with zero attached hydrogens (tertiary/aromatic N) is 1. The molecule has 19 heavy (non-hydrogen) atoms. The summed E-state index contributed by atoms with van der Waals surface area (Å²) in [6.07, 6.45) is 0.284. The molecule has 6 heteroatoms. The highest BCUT2D eigenvalue weighted by Gasteiger charge is 2.05. The number of benzene rings is 1. The van der Waals surface area contributed by atoms with Crippen molar-refractivity contribution in [1.82, 2.24) is 10.2 Å². The van der Waals surface area contributed by atoms with E-state index in [4.69, 9.17) is 5.73 Å². The highest BCUT2D eigenvalue weighted by molar-refractivity contribution is 5.89. The molecule has 6 nitrogen and oxygen atoms in total. The van der Waals surface area contributed by atoms with Crippen molar-refractivity contribution in [2.75, 3.05) is 26.0 Å². The van der Waals surface area contributed by atoms with Gasteiger partial charge in [0.1, 0.15) is 0 Å². The van der Waals surface area contributed by atoms with Gasteiger partial charge in [-0.2, -0.15) is 0 Å². The van der Waals surface area contributed by atoms with Gasteiger partial charge in [-0.1, -0.05) is 12.1 Å². The van der Waals surface area contributed by atoms with E-state index in [1.54, 1.807) is 26.2 Å². The normalized spacial score (nSPS) is 9.84. The first-order valence-electron chi connectivity index (χ1n) is 6.07. The Kier molecular flexibility index (Phi) is 5.81. The average molecular weight is 264 g/mol. The molecular weight excluding hydrogens is 244 g/mol. The van der Waals surface area contributed by atoms with E-state index >= 15 is 0 Å². The van der Waals surface area contributed by atoms with Crippen LogP contribution in [0, 0.1) is 0 Å². The largest absolute Gasteiger partial charge is 0.349 e. The van der Waals surface area contributed by atoms with Crippen LogP contribution in [0.2, 0.25) is 0 Å². The van der Waals surface area contributed by atoms with Crippen LogP contribution in [0.1, 0.15) is 12.0 Å². The molecule has 4 N–H and O–H groups in total. The number of anilines is 1. The van der Waals surface area contributed by atoms with Gasteiger partial charge in [-0.15, -0.1) is 0 Å². The molecule has 0 spiro atoms. The summed E-state index contributed by atoms with van der Waals surface area (Å²) >= 11 is 0. The number of urea groups is 1. The molecule has 1 aromatic carbocycles. The zero-order chi connectivity index (χ0) is 14.3. The minimum absolute atomic E-state index is 0.0207. The van der Waals surface area contributed by atoms with Crippen molar-refractivity contribution in [3.05, 3.63) is 29.8 Å². The maximum absolute atomic E-state index is 11.5. The van der Waals surface area contributed by atoms with Crippen molar-refractivity contribution >= 4 is 17.6 Å². The fourth-order valence-corrected chi connectivity index (χ4v) is 1.41. The Bertz CT molecular complexity index is 429. The third-order valence-electron chi connectivity index (χ3n) is 2.57. The Morgan fingerprint density at radius 1 is 1.21 bits per heavy atom. The summed E-state index contributed by atoms with van der Waals surface area (Å²) in [7, 11) is 3.36. The number of carbonyl (C=O) groups excluding carboxylic acids is 2. The second kappa shape index (κ2) is 7.38. The average Bonchev–Trinajstić information content (AvgIpc) is 2.39. The van der Waals surface area contributed by atoms with E-state index < -0.39 is 0 Å². The standard InChI is InChI=1S/C13H20N4O2/c1-17(2)12(18)7-8-15-13(19)16-11-5-3-10(9-14)4-6-11/h3-6H,7-9,14H2,1-2H3,(H2,15,16,19). The quantitative estimate of drug-likeness (QED) is 0.733. The number of hydrogen-bond acceptors (Lipinski definition) is 3. The lowest BCUT2D eigenvalue weighted by molar-refractivity contribution is -0.128. The summed E-state index contributed by atoms with van der Waals surface area (Å²) in [5.41, 5.74) is 7.17. The summed E-state index contributed by atoms with van der Waals surface area (Å²) in [5, 5.41) is 5.30. The van der Waals surface area contributed by atoms with Crippen molar-refractivity contribution < 1.29 is 9.59 Å². The van der Waals surface area contributed by atoms with Crippen molar-refractivity contribution in [2.45, 2.75) is 13.0 Å². The molecular formula is C13H20N4O2. The minimum Gasteiger partial charge on any atom is -0.349 e. The number of nitrogens with two attached hydrogens (primary N) is 1. The van der Waals surface area contributed by atoms with E-state index in [2.05, 4.69) is 10.6 Å². The number of carbonyl (C=O) groups is 2. The number of nitrogens with one attached hydrogen (secondary N) is 2. The molecule has 1 aromatic rings. The summed E-state index contributed by atoms with van der Waals surface area (Å²) in [6, 6.07) is 6.95. The third kappa shape index (κ3) is 5.39. The molecule has 0 aliphatic rings. The topological polar surface area (TPSA) is 87.5 Å². The Hall–Kier alpha value is -2.08. The van der Waals surface area contributed by atoms with E-state index in [9.17, 15) is 9.59 Å². The smallest absolute Gasteiger partial charge is 0.319 e. The summed E-state index contributed by atoms with van der Waals surface area (Å²) in [5.74, 6) is -0.0207. The van der Waals surface area contributed by atoms with E-state index in [-0.39, 0.29) is 18.4 Å². The van der Waals surface area contributed by atoms with Gasteiger partial charge in [-0.05, 0) is 17.7 Å². The van der Waals surface area contributed by atoms with Crippen LogP contribution in [0.5, 0.6) is 0 Å². The zero-order valence-electron chi connectivity index (χ0n) is 11.3. The van der Waals surface area contributed by atoms with Gasteiger partial charge in [0.25, 0.3) is 0 Å². The molecule has 0 heterocycles. The monoisotopic (exact) mass is 264 g/mol. The molecule has 0 radical (unpaired) electrons. The second-order valence-corrected chi connectivity index (χ2v) is 4.32. The van der Waals surface area contributed by atoms with Gasteiger partial charge in [-0.25, -0.2) is 4.79 Å². The third-order valence-corrected chi connectivity index (χ3v) is 2.57. The zero-order valence-corrected chi connectivity index (χ0v) is 11.3. The van der Waals surface area contributed by atoms with E-state index in [1.165, 1.54) is 4.90 Å². The van der Waals surface area contributed by atoms with Crippen molar-refractivity contribution in [3.63, 3.8) is 0 Å². The van der Waals surface area contributed by atoms with Crippen LogP contribution >= 0.6 is 0 Å². The summed E-state index contributed by atoms with van der Waals surface area (Å²) < 4.78 is 0. The molecule has 0 aromatic heterocycles. The Balaban J connectivity index is 2.32. The molecule has 0 fully saturated rings.